The van der Waals surface area contributed by atoms with Crippen molar-refractivity contribution < 1.29 is 4.74 Å². The number of nitrogens with zero attached hydrogens (tertiary/aromatic N) is 1. The van der Waals surface area contributed by atoms with Crippen LogP contribution in [0.15, 0.2) is 0 Å². The molecule has 1 N–H and O–H groups in total. The third kappa shape index (κ3) is 7.02. The van der Waals surface area contributed by atoms with Crippen molar-refractivity contribution in [2.45, 2.75) is 58.1 Å². The minimum absolute atomic E-state index is 0.402. The molecular formula is C14H30N2O. The molecule has 0 aromatic heterocycles. The van der Waals surface area contributed by atoms with E-state index in [-0.39, 0.29) is 0 Å². The Balaban J connectivity index is 2.05. The Morgan fingerprint density at radius 1 is 1.29 bits per heavy atom. The molecule has 1 rings (SSSR count). The smallest absolute Gasteiger partial charge is 0.0700 e. The summed E-state index contributed by atoms with van der Waals surface area (Å²) in [7, 11) is 2.21. The van der Waals surface area contributed by atoms with E-state index in [0.717, 1.165) is 32.3 Å². The van der Waals surface area contributed by atoms with Crippen LogP contribution in [0.4, 0.5) is 0 Å². The molecule has 3 nitrogen and oxygen atoms in total. The Bertz CT molecular complexity index is 183. The lowest BCUT2D eigenvalue weighted by molar-refractivity contribution is 0.0350. The van der Waals surface area contributed by atoms with Gasteiger partial charge in [-0.2, -0.15) is 0 Å². The molecule has 102 valence electrons. The molecule has 3 heteroatoms. The summed E-state index contributed by atoms with van der Waals surface area (Å²) < 4.78 is 5.97. The first-order valence-electron chi connectivity index (χ1n) is 7.30. The van der Waals surface area contributed by atoms with Crippen LogP contribution in [0.2, 0.25) is 0 Å². The van der Waals surface area contributed by atoms with Gasteiger partial charge in [-0.1, -0.05) is 20.3 Å². The van der Waals surface area contributed by atoms with Gasteiger partial charge in [0.05, 0.1) is 12.7 Å². The summed E-state index contributed by atoms with van der Waals surface area (Å²) in [5.41, 5.74) is 0. The van der Waals surface area contributed by atoms with Crippen molar-refractivity contribution in [3.63, 3.8) is 0 Å². The van der Waals surface area contributed by atoms with Gasteiger partial charge in [0.25, 0.3) is 0 Å². The van der Waals surface area contributed by atoms with Gasteiger partial charge in [0.15, 0.2) is 0 Å². The summed E-state index contributed by atoms with van der Waals surface area (Å²) in [6.07, 6.45) is 6.74. The maximum Gasteiger partial charge on any atom is 0.0700 e. The number of hydrogen-bond donors (Lipinski definition) is 1. The largest absolute Gasteiger partial charge is 0.376 e. The van der Waals surface area contributed by atoms with Crippen LogP contribution >= 0.6 is 0 Å². The molecule has 1 unspecified atom stereocenters. The number of hydrogen-bond acceptors (Lipinski definition) is 3. The molecule has 0 aliphatic heterocycles. The second-order valence-corrected chi connectivity index (χ2v) is 5.20. The number of rotatable bonds is 11. The highest BCUT2D eigenvalue weighted by molar-refractivity contribution is 4.82. The van der Waals surface area contributed by atoms with E-state index in [1.807, 2.05) is 0 Å². The Labute approximate surface area is 107 Å². The first-order valence-corrected chi connectivity index (χ1v) is 7.30. The lowest BCUT2D eigenvalue weighted by Crippen LogP contribution is -2.33. The first-order chi connectivity index (χ1) is 8.27. The predicted molar refractivity (Wildman–Crippen MR) is 73.5 cm³/mol. The molecular weight excluding hydrogens is 212 g/mol. The fourth-order valence-electron chi connectivity index (χ4n) is 2.07. The average Bonchev–Trinajstić information content (AvgIpc) is 3.13. The van der Waals surface area contributed by atoms with E-state index in [4.69, 9.17) is 4.74 Å². The predicted octanol–water partition coefficient (Wildman–Crippen LogP) is 2.27. The van der Waals surface area contributed by atoms with Crippen LogP contribution in [0.1, 0.15) is 46.0 Å². The highest BCUT2D eigenvalue weighted by Gasteiger charge is 2.25. The SMILES string of the molecule is CCCNCC(CCC)OCCN(C)C1CC1. The molecule has 0 radical (unpaired) electrons. The molecule has 0 spiro atoms. The van der Waals surface area contributed by atoms with Crippen LogP contribution in [0, 0.1) is 0 Å². The number of likely N-dealkylation sites (N-methyl/N-ethyl adjacent to an activating group) is 1. The molecule has 0 heterocycles. The average molecular weight is 242 g/mol. The normalized spacial score (nSPS) is 17.6. The second-order valence-electron chi connectivity index (χ2n) is 5.20. The van der Waals surface area contributed by atoms with Crippen LogP contribution in [0.25, 0.3) is 0 Å². The van der Waals surface area contributed by atoms with Gasteiger partial charge in [0.2, 0.25) is 0 Å². The Morgan fingerprint density at radius 2 is 2.06 bits per heavy atom. The van der Waals surface area contributed by atoms with Crippen LogP contribution in [0.3, 0.4) is 0 Å². The third-order valence-corrected chi connectivity index (χ3v) is 3.38. The van der Waals surface area contributed by atoms with Gasteiger partial charge >= 0.3 is 0 Å². The molecule has 0 amide bonds. The number of nitrogens with one attached hydrogen (secondary N) is 1. The van der Waals surface area contributed by atoms with Gasteiger partial charge in [-0.25, -0.2) is 0 Å². The molecule has 0 bridgehead atoms. The van der Waals surface area contributed by atoms with Crippen LogP contribution in [-0.2, 0) is 4.74 Å². The van der Waals surface area contributed by atoms with E-state index in [1.54, 1.807) is 0 Å². The molecule has 1 aliphatic carbocycles. The summed E-state index contributed by atoms with van der Waals surface area (Å²) in [4.78, 5) is 2.43. The molecule has 1 fully saturated rings. The van der Waals surface area contributed by atoms with Crippen molar-refractivity contribution in [2.75, 3.05) is 33.3 Å². The van der Waals surface area contributed by atoms with Gasteiger partial charge in [-0.05, 0) is 39.3 Å². The number of ether oxygens (including phenoxy) is 1. The minimum Gasteiger partial charge on any atom is -0.376 e. The molecule has 1 aliphatic rings. The third-order valence-electron chi connectivity index (χ3n) is 3.38. The van der Waals surface area contributed by atoms with Crippen molar-refractivity contribution in [1.82, 2.24) is 10.2 Å². The van der Waals surface area contributed by atoms with Gasteiger partial charge in [0.1, 0.15) is 0 Å². The standard InChI is InChI=1S/C14H30N2O/c1-4-6-14(12-15-9-5-2)17-11-10-16(3)13-7-8-13/h13-15H,4-12H2,1-3H3. The highest BCUT2D eigenvalue weighted by Crippen LogP contribution is 2.24. The van der Waals surface area contributed by atoms with Gasteiger partial charge < -0.3 is 15.0 Å². The van der Waals surface area contributed by atoms with Crippen molar-refractivity contribution in [3.8, 4) is 0 Å². The molecule has 1 atom stereocenters. The fourth-order valence-corrected chi connectivity index (χ4v) is 2.07. The van der Waals surface area contributed by atoms with E-state index in [1.165, 1.54) is 32.1 Å². The van der Waals surface area contributed by atoms with Gasteiger partial charge in [0, 0.05) is 19.1 Å². The summed E-state index contributed by atoms with van der Waals surface area (Å²) in [6.45, 7) is 8.50. The zero-order chi connectivity index (χ0) is 12.5. The zero-order valence-electron chi connectivity index (χ0n) is 11.9. The molecule has 0 aromatic carbocycles. The van der Waals surface area contributed by atoms with Gasteiger partial charge in [-0.3, -0.25) is 0 Å². The van der Waals surface area contributed by atoms with Crippen molar-refractivity contribution in [2.24, 2.45) is 0 Å². The second kappa shape index (κ2) is 8.90. The summed E-state index contributed by atoms with van der Waals surface area (Å²) in [6, 6.07) is 0.849. The van der Waals surface area contributed by atoms with Crippen LogP contribution in [0.5, 0.6) is 0 Å². The van der Waals surface area contributed by atoms with E-state index in [0.29, 0.717) is 6.10 Å². The van der Waals surface area contributed by atoms with E-state index in [9.17, 15) is 0 Å². The summed E-state index contributed by atoms with van der Waals surface area (Å²) >= 11 is 0. The molecule has 1 saturated carbocycles. The van der Waals surface area contributed by atoms with Gasteiger partial charge in [-0.15, -0.1) is 0 Å². The van der Waals surface area contributed by atoms with Crippen LogP contribution < -0.4 is 5.32 Å². The van der Waals surface area contributed by atoms with E-state index < -0.39 is 0 Å². The maximum absolute atomic E-state index is 5.97. The molecule has 0 aromatic rings. The maximum atomic E-state index is 5.97. The lowest BCUT2D eigenvalue weighted by Gasteiger charge is -2.21. The lowest BCUT2D eigenvalue weighted by atomic mass is 10.2. The monoisotopic (exact) mass is 242 g/mol. The quantitative estimate of drug-likeness (QED) is 0.563. The fraction of sp³-hybridized carbons (Fsp3) is 1.00. The molecule has 0 saturated heterocycles. The Hall–Kier alpha value is -0.120. The highest BCUT2D eigenvalue weighted by atomic mass is 16.5. The van der Waals surface area contributed by atoms with Crippen LogP contribution in [-0.4, -0.2) is 50.3 Å². The summed E-state index contributed by atoms with van der Waals surface area (Å²) in [5.74, 6) is 0. The molecule has 17 heavy (non-hydrogen) atoms. The van der Waals surface area contributed by atoms with Crippen molar-refractivity contribution in [1.29, 1.82) is 0 Å². The summed E-state index contributed by atoms with van der Waals surface area (Å²) in [5, 5.41) is 3.45. The van der Waals surface area contributed by atoms with E-state index >= 15 is 0 Å². The Morgan fingerprint density at radius 3 is 2.65 bits per heavy atom. The van der Waals surface area contributed by atoms with Crippen molar-refractivity contribution >= 4 is 0 Å². The van der Waals surface area contributed by atoms with Crippen molar-refractivity contribution in [3.05, 3.63) is 0 Å². The topological polar surface area (TPSA) is 24.5 Å². The van der Waals surface area contributed by atoms with E-state index in [2.05, 4.69) is 31.1 Å². The first kappa shape index (κ1) is 14.9. The zero-order valence-corrected chi connectivity index (χ0v) is 11.9. The minimum atomic E-state index is 0.402. The Kier molecular flexibility index (Phi) is 7.82.